The predicted octanol–water partition coefficient (Wildman–Crippen LogP) is 2.94. The minimum atomic E-state index is -0.292. The number of H-pyrrole nitrogens is 1. The van der Waals surface area contributed by atoms with Crippen LogP contribution in [-0.4, -0.2) is 22.5 Å². The average Bonchev–Trinajstić information content (AvgIpc) is 2.69. The van der Waals surface area contributed by atoms with Crippen molar-refractivity contribution in [3.05, 3.63) is 29.6 Å². The van der Waals surface area contributed by atoms with Gasteiger partial charge in [-0.15, -0.1) is 0 Å². The van der Waals surface area contributed by atoms with Crippen molar-refractivity contribution >= 4 is 17.0 Å². The van der Waals surface area contributed by atoms with E-state index >= 15 is 0 Å². The molecule has 0 bridgehead atoms. The monoisotopic (exact) mass is 246 g/mol. The number of nitrogens with one attached hydrogen (secondary N) is 1. The van der Waals surface area contributed by atoms with Crippen molar-refractivity contribution in [2.75, 3.05) is 6.61 Å². The summed E-state index contributed by atoms with van der Waals surface area (Å²) in [6.45, 7) is 6.49. The quantitative estimate of drug-likeness (QED) is 0.844. The number of aromatic amines is 1. The van der Waals surface area contributed by atoms with E-state index in [2.05, 4.69) is 23.8 Å². The van der Waals surface area contributed by atoms with Crippen LogP contribution in [-0.2, 0) is 11.2 Å². The van der Waals surface area contributed by atoms with Gasteiger partial charge in [-0.05, 0) is 31.0 Å². The molecule has 0 aliphatic carbocycles. The highest BCUT2D eigenvalue weighted by Gasteiger charge is 2.10. The first-order valence-electron chi connectivity index (χ1n) is 6.26. The van der Waals surface area contributed by atoms with Crippen molar-refractivity contribution in [3.8, 4) is 0 Å². The van der Waals surface area contributed by atoms with Gasteiger partial charge < -0.3 is 9.72 Å². The predicted molar refractivity (Wildman–Crippen MR) is 70.6 cm³/mol. The van der Waals surface area contributed by atoms with Crippen LogP contribution < -0.4 is 0 Å². The van der Waals surface area contributed by atoms with Gasteiger partial charge in [-0.25, -0.2) is 9.78 Å². The lowest BCUT2D eigenvalue weighted by Crippen LogP contribution is -2.04. The molecule has 1 heterocycles. The lowest BCUT2D eigenvalue weighted by molar-refractivity contribution is 0.0526. The van der Waals surface area contributed by atoms with E-state index in [1.54, 1.807) is 19.1 Å². The number of carbonyl (C=O) groups is 1. The number of fused-ring (bicyclic) bond motifs is 1. The van der Waals surface area contributed by atoms with Crippen LogP contribution in [0.2, 0.25) is 0 Å². The summed E-state index contributed by atoms with van der Waals surface area (Å²) in [4.78, 5) is 19.4. The van der Waals surface area contributed by atoms with E-state index in [9.17, 15) is 4.79 Å². The van der Waals surface area contributed by atoms with Gasteiger partial charge in [0.25, 0.3) is 0 Å². The Hall–Kier alpha value is -1.84. The minimum Gasteiger partial charge on any atom is -0.462 e. The van der Waals surface area contributed by atoms with Gasteiger partial charge in [-0.2, -0.15) is 0 Å². The van der Waals surface area contributed by atoms with Crippen molar-refractivity contribution in [1.82, 2.24) is 9.97 Å². The molecule has 4 nitrogen and oxygen atoms in total. The zero-order valence-electron chi connectivity index (χ0n) is 11.0. The number of hydrogen-bond acceptors (Lipinski definition) is 3. The van der Waals surface area contributed by atoms with Crippen molar-refractivity contribution in [2.45, 2.75) is 27.2 Å². The first-order chi connectivity index (χ1) is 8.60. The van der Waals surface area contributed by atoms with Crippen LogP contribution in [0.5, 0.6) is 0 Å². The molecular weight excluding hydrogens is 228 g/mol. The molecule has 2 aromatic rings. The zero-order chi connectivity index (χ0) is 13.1. The second kappa shape index (κ2) is 5.21. The number of ether oxygens (including phenoxy) is 1. The summed E-state index contributed by atoms with van der Waals surface area (Å²) in [5, 5.41) is 0. The summed E-state index contributed by atoms with van der Waals surface area (Å²) in [5.41, 5.74) is 2.33. The molecule has 0 aliphatic heterocycles. The minimum absolute atomic E-state index is 0.292. The first kappa shape index (κ1) is 12.6. The van der Waals surface area contributed by atoms with Crippen molar-refractivity contribution in [3.63, 3.8) is 0 Å². The molecule has 4 heteroatoms. The molecule has 0 atom stereocenters. The lowest BCUT2D eigenvalue weighted by Gasteiger charge is -2.00. The summed E-state index contributed by atoms with van der Waals surface area (Å²) < 4.78 is 4.97. The third-order valence-electron chi connectivity index (χ3n) is 2.64. The number of esters is 1. The fourth-order valence-corrected chi connectivity index (χ4v) is 1.89. The fraction of sp³-hybridized carbons (Fsp3) is 0.429. The molecule has 1 N–H and O–H groups in total. The second-order valence-corrected chi connectivity index (χ2v) is 4.73. The SMILES string of the molecule is CCOC(=O)c1ccc2nc(CC(C)C)[nH]c2c1. The van der Waals surface area contributed by atoms with E-state index < -0.39 is 0 Å². The number of carbonyl (C=O) groups excluding carboxylic acids is 1. The Morgan fingerprint density at radius 3 is 2.89 bits per heavy atom. The fourth-order valence-electron chi connectivity index (χ4n) is 1.89. The van der Waals surface area contributed by atoms with Crippen LogP contribution in [0.4, 0.5) is 0 Å². The highest BCUT2D eigenvalue weighted by atomic mass is 16.5. The summed E-state index contributed by atoms with van der Waals surface area (Å²) in [6, 6.07) is 5.40. The molecule has 2 rings (SSSR count). The first-order valence-corrected chi connectivity index (χ1v) is 6.26. The Bertz CT molecular complexity index is 558. The molecule has 1 aromatic heterocycles. The molecule has 0 spiro atoms. The van der Waals surface area contributed by atoms with Gasteiger partial charge in [0.05, 0.1) is 23.2 Å². The third-order valence-corrected chi connectivity index (χ3v) is 2.64. The summed E-state index contributed by atoms with van der Waals surface area (Å²) >= 11 is 0. The topological polar surface area (TPSA) is 55.0 Å². The summed E-state index contributed by atoms with van der Waals surface area (Å²) in [6.07, 6.45) is 0.906. The Morgan fingerprint density at radius 2 is 2.22 bits per heavy atom. The average molecular weight is 246 g/mol. The Balaban J connectivity index is 2.30. The molecule has 1 aromatic carbocycles. The Morgan fingerprint density at radius 1 is 1.44 bits per heavy atom. The van der Waals surface area contributed by atoms with Crippen LogP contribution in [0, 0.1) is 5.92 Å². The number of nitrogens with zero attached hydrogens (tertiary/aromatic N) is 1. The molecular formula is C14H18N2O2. The highest BCUT2D eigenvalue weighted by molar-refractivity contribution is 5.93. The molecule has 0 unspecified atom stereocenters. The van der Waals surface area contributed by atoms with E-state index in [4.69, 9.17) is 4.74 Å². The number of imidazole rings is 1. The maximum absolute atomic E-state index is 11.6. The number of hydrogen-bond donors (Lipinski definition) is 1. The summed E-state index contributed by atoms with van der Waals surface area (Å²) in [5.74, 6) is 1.22. The van der Waals surface area contributed by atoms with Crippen molar-refractivity contribution in [2.24, 2.45) is 5.92 Å². The van der Waals surface area contributed by atoms with Gasteiger partial charge in [-0.3, -0.25) is 0 Å². The maximum atomic E-state index is 11.6. The number of benzene rings is 1. The van der Waals surface area contributed by atoms with Gasteiger partial charge in [0.2, 0.25) is 0 Å². The van der Waals surface area contributed by atoms with Crippen LogP contribution in [0.3, 0.4) is 0 Å². The smallest absolute Gasteiger partial charge is 0.338 e. The van der Waals surface area contributed by atoms with E-state index in [1.807, 2.05) is 6.07 Å². The normalized spacial score (nSPS) is 11.1. The van der Waals surface area contributed by atoms with Crippen LogP contribution in [0.1, 0.15) is 37.0 Å². The molecule has 0 saturated carbocycles. The van der Waals surface area contributed by atoms with Gasteiger partial charge in [-0.1, -0.05) is 13.8 Å². The maximum Gasteiger partial charge on any atom is 0.338 e. The number of aromatic nitrogens is 2. The van der Waals surface area contributed by atoms with Crippen LogP contribution in [0.15, 0.2) is 18.2 Å². The van der Waals surface area contributed by atoms with Gasteiger partial charge in [0.1, 0.15) is 5.82 Å². The molecule has 18 heavy (non-hydrogen) atoms. The summed E-state index contributed by atoms with van der Waals surface area (Å²) in [7, 11) is 0. The molecule has 0 aliphatic rings. The largest absolute Gasteiger partial charge is 0.462 e. The standard InChI is InChI=1S/C14H18N2O2/c1-4-18-14(17)10-5-6-11-12(8-10)16-13(15-11)7-9(2)3/h5-6,8-9H,4,7H2,1-3H3,(H,15,16). The van der Waals surface area contributed by atoms with Crippen LogP contribution in [0.25, 0.3) is 11.0 Å². The lowest BCUT2D eigenvalue weighted by atomic mass is 10.1. The van der Waals surface area contributed by atoms with Crippen molar-refractivity contribution < 1.29 is 9.53 Å². The third kappa shape index (κ3) is 2.70. The molecule has 0 amide bonds. The van der Waals surface area contributed by atoms with E-state index in [-0.39, 0.29) is 5.97 Å². The van der Waals surface area contributed by atoms with E-state index in [0.29, 0.717) is 18.1 Å². The molecule has 0 radical (unpaired) electrons. The van der Waals surface area contributed by atoms with Gasteiger partial charge >= 0.3 is 5.97 Å². The molecule has 0 saturated heterocycles. The highest BCUT2D eigenvalue weighted by Crippen LogP contribution is 2.16. The Labute approximate surface area is 106 Å². The molecule has 96 valence electrons. The van der Waals surface area contributed by atoms with E-state index in [1.165, 1.54) is 0 Å². The zero-order valence-corrected chi connectivity index (χ0v) is 11.0. The van der Waals surface area contributed by atoms with E-state index in [0.717, 1.165) is 23.3 Å². The Kier molecular flexibility index (Phi) is 3.65. The second-order valence-electron chi connectivity index (χ2n) is 4.73. The molecule has 0 fully saturated rings. The van der Waals surface area contributed by atoms with Crippen molar-refractivity contribution in [1.29, 1.82) is 0 Å². The van der Waals surface area contributed by atoms with Crippen LogP contribution >= 0.6 is 0 Å². The number of rotatable bonds is 4. The van der Waals surface area contributed by atoms with Gasteiger partial charge in [0.15, 0.2) is 0 Å². The van der Waals surface area contributed by atoms with Gasteiger partial charge in [0, 0.05) is 6.42 Å².